The number of aromatic nitrogens is 2. The van der Waals surface area contributed by atoms with Crippen molar-refractivity contribution >= 4 is 29.4 Å². The van der Waals surface area contributed by atoms with E-state index in [-0.39, 0.29) is 22.9 Å². The lowest BCUT2D eigenvalue weighted by Gasteiger charge is -2.09. The van der Waals surface area contributed by atoms with E-state index >= 15 is 0 Å². The van der Waals surface area contributed by atoms with Crippen LogP contribution in [0.15, 0.2) is 52.1 Å². The first-order chi connectivity index (χ1) is 13.8. The zero-order valence-corrected chi connectivity index (χ0v) is 15.4. The molecule has 0 aliphatic rings. The molecule has 8 nitrogen and oxygen atoms in total. The number of halogens is 2. The molecule has 2 aromatic carbocycles. The molecule has 0 amide bonds. The maximum atomic E-state index is 13.8. The van der Waals surface area contributed by atoms with Crippen molar-refractivity contribution in [1.29, 1.82) is 0 Å². The van der Waals surface area contributed by atoms with Crippen LogP contribution in [0.5, 0.6) is 5.75 Å². The van der Waals surface area contributed by atoms with Crippen LogP contribution in [0.3, 0.4) is 0 Å². The van der Waals surface area contributed by atoms with Crippen LogP contribution in [0.2, 0.25) is 5.02 Å². The molecular formula is C19H13ClFN3O5. The van der Waals surface area contributed by atoms with Gasteiger partial charge in [-0.1, -0.05) is 35.9 Å². The van der Waals surface area contributed by atoms with Gasteiger partial charge < -0.3 is 9.72 Å². The van der Waals surface area contributed by atoms with Crippen LogP contribution in [0.4, 0.5) is 10.1 Å². The van der Waals surface area contributed by atoms with Crippen molar-refractivity contribution < 1.29 is 14.1 Å². The predicted molar refractivity (Wildman–Crippen MR) is 105 cm³/mol. The Hall–Kier alpha value is -3.72. The highest BCUT2D eigenvalue weighted by molar-refractivity contribution is 6.31. The number of hydrogen-bond donors (Lipinski definition) is 2. The topological polar surface area (TPSA) is 118 Å². The highest BCUT2D eigenvalue weighted by atomic mass is 35.5. The smallest absolute Gasteiger partial charge is 0.357 e. The van der Waals surface area contributed by atoms with Crippen LogP contribution in [-0.2, 0) is 6.61 Å². The summed E-state index contributed by atoms with van der Waals surface area (Å²) in [5, 5.41) is 11.3. The Balaban J connectivity index is 1.83. The Morgan fingerprint density at radius 3 is 2.62 bits per heavy atom. The summed E-state index contributed by atoms with van der Waals surface area (Å²) in [4.78, 5) is 37.2. The van der Waals surface area contributed by atoms with Gasteiger partial charge in [0.2, 0.25) is 0 Å². The molecule has 3 aromatic rings. The number of nitro groups is 1. The van der Waals surface area contributed by atoms with Crippen molar-refractivity contribution in [1.82, 2.24) is 9.97 Å². The predicted octanol–water partition coefficient (Wildman–Crippen LogP) is 3.51. The molecule has 148 valence electrons. The van der Waals surface area contributed by atoms with E-state index in [0.717, 1.165) is 0 Å². The second kappa shape index (κ2) is 8.53. The Bertz CT molecular complexity index is 1200. The molecule has 3 rings (SSSR count). The fraction of sp³-hybridized carbons (Fsp3) is 0.0526. The molecule has 1 aromatic heterocycles. The largest absolute Gasteiger partial charge is 0.489 e. The fourth-order valence-electron chi connectivity index (χ4n) is 2.51. The number of aromatic amines is 2. The monoisotopic (exact) mass is 417 g/mol. The number of benzene rings is 2. The Kier molecular flexibility index (Phi) is 5.89. The SMILES string of the molecule is O=c1[nH]c(/C=C\c2cccc(OCc3c(F)cccc3Cl)c2)c([N+](=O)[O-])c(=O)[nH]1. The summed E-state index contributed by atoms with van der Waals surface area (Å²) in [6.45, 7) is -0.0917. The Morgan fingerprint density at radius 2 is 1.90 bits per heavy atom. The van der Waals surface area contributed by atoms with Gasteiger partial charge in [-0.3, -0.25) is 19.9 Å². The minimum absolute atomic E-state index is 0.0917. The normalized spacial score (nSPS) is 11.0. The van der Waals surface area contributed by atoms with Crippen LogP contribution in [-0.4, -0.2) is 14.9 Å². The third-order valence-corrected chi connectivity index (χ3v) is 4.23. The van der Waals surface area contributed by atoms with E-state index in [1.807, 2.05) is 0 Å². The van der Waals surface area contributed by atoms with Crippen molar-refractivity contribution in [2.24, 2.45) is 0 Å². The Morgan fingerprint density at radius 1 is 1.14 bits per heavy atom. The molecule has 0 atom stereocenters. The van der Waals surface area contributed by atoms with Gasteiger partial charge in [-0.15, -0.1) is 0 Å². The maximum absolute atomic E-state index is 13.8. The molecule has 0 saturated carbocycles. The molecule has 0 spiro atoms. The van der Waals surface area contributed by atoms with Gasteiger partial charge in [0.05, 0.1) is 9.95 Å². The molecule has 0 aliphatic heterocycles. The summed E-state index contributed by atoms with van der Waals surface area (Å²) in [5.41, 5.74) is -2.20. The van der Waals surface area contributed by atoms with Gasteiger partial charge in [-0.25, -0.2) is 9.18 Å². The van der Waals surface area contributed by atoms with E-state index in [1.165, 1.54) is 24.3 Å². The lowest BCUT2D eigenvalue weighted by molar-refractivity contribution is -0.386. The highest BCUT2D eigenvalue weighted by Crippen LogP contribution is 2.22. The first kappa shape index (κ1) is 20.0. The van der Waals surface area contributed by atoms with Gasteiger partial charge in [-0.05, 0) is 35.9 Å². The number of ether oxygens (including phenoxy) is 1. The van der Waals surface area contributed by atoms with Gasteiger partial charge in [0.1, 0.15) is 23.9 Å². The van der Waals surface area contributed by atoms with E-state index < -0.39 is 27.7 Å². The van der Waals surface area contributed by atoms with E-state index in [4.69, 9.17) is 16.3 Å². The summed E-state index contributed by atoms with van der Waals surface area (Å²) in [7, 11) is 0. The standard InChI is InChI=1S/C19H13ClFN3O5/c20-14-5-2-6-15(21)13(14)10-29-12-4-1-3-11(9-12)7-8-16-17(24(27)28)18(25)23-19(26)22-16/h1-9H,10H2,(H2,22,23,25,26)/b8-7-. The van der Waals surface area contributed by atoms with Gasteiger partial charge in [0.15, 0.2) is 0 Å². The number of nitrogens with zero attached hydrogens (tertiary/aromatic N) is 1. The van der Waals surface area contributed by atoms with E-state index in [0.29, 0.717) is 11.3 Å². The quantitative estimate of drug-likeness (QED) is 0.470. The molecule has 0 aliphatic carbocycles. The van der Waals surface area contributed by atoms with Crippen LogP contribution < -0.4 is 16.0 Å². The van der Waals surface area contributed by atoms with Crippen molar-refractivity contribution in [3.05, 3.63) is 101 Å². The van der Waals surface area contributed by atoms with Gasteiger partial charge >= 0.3 is 16.9 Å². The van der Waals surface area contributed by atoms with Crippen molar-refractivity contribution in [2.75, 3.05) is 0 Å². The molecule has 10 heteroatoms. The minimum atomic E-state index is -1.10. The molecule has 0 fully saturated rings. The van der Waals surface area contributed by atoms with Crippen LogP contribution in [0, 0.1) is 15.9 Å². The lowest BCUT2D eigenvalue weighted by atomic mass is 10.1. The zero-order valence-electron chi connectivity index (χ0n) is 14.6. The molecule has 1 heterocycles. The number of hydrogen-bond acceptors (Lipinski definition) is 5. The highest BCUT2D eigenvalue weighted by Gasteiger charge is 2.18. The maximum Gasteiger partial charge on any atom is 0.357 e. The van der Waals surface area contributed by atoms with E-state index in [1.54, 1.807) is 35.3 Å². The Labute approximate surface area is 167 Å². The van der Waals surface area contributed by atoms with Crippen LogP contribution in [0.1, 0.15) is 16.8 Å². The molecule has 0 unspecified atom stereocenters. The summed E-state index contributed by atoms with van der Waals surface area (Å²) in [6, 6.07) is 10.9. The molecule has 2 N–H and O–H groups in total. The summed E-state index contributed by atoms with van der Waals surface area (Å²) in [5.74, 6) is -0.0838. The van der Waals surface area contributed by atoms with Crippen molar-refractivity contribution in [3.8, 4) is 5.75 Å². The lowest BCUT2D eigenvalue weighted by Crippen LogP contribution is -2.25. The molecule has 0 bridgehead atoms. The summed E-state index contributed by atoms with van der Waals surface area (Å²) in [6.07, 6.45) is 2.70. The minimum Gasteiger partial charge on any atom is -0.489 e. The van der Waals surface area contributed by atoms with Crippen LogP contribution >= 0.6 is 11.6 Å². The second-order valence-corrected chi connectivity index (χ2v) is 6.23. The third kappa shape index (κ3) is 4.77. The van der Waals surface area contributed by atoms with Crippen molar-refractivity contribution in [2.45, 2.75) is 6.61 Å². The fourth-order valence-corrected chi connectivity index (χ4v) is 2.73. The number of nitrogens with one attached hydrogen (secondary N) is 2. The van der Waals surface area contributed by atoms with Crippen molar-refractivity contribution in [3.63, 3.8) is 0 Å². The second-order valence-electron chi connectivity index (χ2n) is 5.82. The molecule has 29 heavy (non-hydrogen) atoms. The molecular weight excluding hydrogens is 405 g/mol. The summed E-state index contributed by atoms with van der Waals surface area (Å²) >= 11 is 5.97. The summed E-state index contributed by atoms with van der Waals surface area (Å²) < 4.78 is 19.4. The van der Waals surface area contributed by atoms with Gasteiger partial charge in [0.25, 0.3) is 0 Å². The molecule has 0 radical (unpaired) electrons. The number of H-pyrrole nitrogens is 2. The van der Waals surface area contributed by atoms with Crippen LogP contribution in [0.25, 0.3) is 12.2 Å². The third-order valence-electron chi connectivity index (χ3n) is 3.87. The van der Waals surface area contributed by atoms with E-state index in [2.05, 4.69) is 4.98 Å². The first-order valence-electron chi connectivity index (χ1n) is 8.20. The zero-order chi connectivity index (χ0) is 21.0. The molecule has 0 saturated heterocycles. The van der Waals surface area contributed by atoms with Gasteiger partial charge in [0, 0.05) is 5.56 Å². The van der Waals surface area contributed by atoms with E-state index in [9.17, 15) is 24.1 Å². The average molecular weight is 418 g/mol. The van der Waals surface area contributed by atoms with Gasteiger partial charge in [-0.2, -0.15) is 0 Å². The number of rotatable bonds is 6. The average Bonchev–Trinajstić information content (AvgIpc) is 2.65. The first-order valence-corrected chi connectivity index (χ1v) is 8.58.